The lowest BCUT2D eigenvalue weighted by molar-refractivity contribution is -0.137. The molecule has 0 saturated carbocycles. The van der Waals surface area contributed by atoms with Crippen LogP contribution >= 0.6 is 0 Å². The average molecular weight is 346 g/mol. The van der Waals surface area contributed by atoms with E-state index in [4.69, 9.17) is 5.73 Å². The van der Waals surface area contributed by atoms with Gasteiger partial charge in [-0.15, -0.1) is 0 Å². The number of likely N-dealkylation sites (tertiary alicyclic amines) is 1. The molecule has 0 spiro atoms. The van der Waals surface area contributed by atoms with Crippen molar-refractivity contribution < 1.29 is 9.59 Å². The van der Waals surface area contributed by atoms with E-state index in [1.54, 1.807) is 4.90 Å². The van der Waals surface area contributed by atoms with Gasteiger partial charge in [0.15, 0.2) is 0 Å². The summed E-state index contributed by atoms with van der Waals surface area (Å²) in [6, 6.07) is 1.52. The SMILES string of the molecule is Cc1cc(C)nc(N2CCN(C(=O)[C@H]3CCCN(C(N)=O)C3)CC2)n1. The summed E-state index contributed by atoms with van der Waals surface area (Å²) in [5.74, 6) is 0.736. The Balaban J connectivity index is 1.58. The normalized spacial score (nSPS) is 21.4. The van der Waals surface area contributed by atoms with Crippen molar-refractivity contribution in [3.05, 3.63) is 17.5 Å². The first-order valence-electron chi connectivity index (χ1n) is 8.84. The van der Waals surface area contributed by atoms with Crippen molar-refractivity contribution in [3.8, 4) is 0 Å². The maximum Gasteiger partial charge on any atom is 0.314 e. The van der Waals surface area contributed by atoms with E-state index in [0.717, 1.165) is 43.3 Å². The molecule has 3 heterocycles. The first kappa shape index (κ1) is 17.4. The summed E-state index contributed by atoms with van der Waals surface area (Å²) < 4.78 is 0. The van der Waals surface area contributed by atoms with Gasteiger partial charge in [-0.2, -0.15) is 0 Å². The number of primary amides is 1. The molecule has 8 nitrogen and oxygen atoms in total. The second-order valence-corrected chi connectivity index (χ2v) is 6.89. The molecule has 2 saturated heterocycles. The molecule has 3 rings (SSSR count). The van der Waals surface area contributed by atoms with E-state index >= 15 is 0 Å². The standard InChI is InChI=1S/C17H26N6O2/c1-12-10-13(2)20-17(19-12)22-8-6-21(7-9-22)15(24)14-4-3-5-23(11-14)16(18)25/h10,14H,3-9,11H2,1-2H3,(H2,18,25)/t14-/m0/s1. The molecule has 8 heteroatoms. The number of hydrogen-bond acceptors (Lipinski definition) is 5. The number of carbonyl (C=O) groups excluding carboxylic acids is 2. The van der Waals surface area contributed by atoms with Crippen LogP contribution in [0.2, 0.25) is 0 Å². The largest absolute Gasteiger partial charge is 0.351 e. The molecule has 2 aliphatic heterocycles. The first-order chi connectivity index (χ1) is 11.9. The van der Waals surface area contributed by atoms with Gasteiger partial charge in [-0.25, -0.2) is 14.8 Å². The molecule has 0 aliphatic carbocycles. The van der Waals surface area contributed by atoms with Crippen molar-refractivity contribution in [2.45, 2.75) is 26.7 Å². The fourth-order valence-corrected chi connectivity index (χ4v) is 3.61. The van der Waals surface area contributed by atoms with Gasteiger partial charge >= 0.3 is 6.03 Å². The molecular weight excluding hydrogens is 320 g/mol. The van der Waals surface area contributed by atoms with Crippen molar-refractivity contribution in [1.29, 1.82) is 0 Å². The van der Waals surface area contributed by atoms with Gasteiger partial charge in [0.1, 0.15) is 0 Å². The minimum atomic E-state index is -0.436. The van der Waals surface area contributed by atoms with E-state index < -0.39 is 6.03 Å². The third-order valence-electron chi connectivity index (χ3n) is 4.93. The minimum absolute atomic E-state index is 0.131. The van der Waals surface area contributed by atoms with Gasteiger partial charge in [0.25, 0.3) is 0 Å². The van der Waals surface area contributed by atoms with E-state index in [2.05, 4.69) is 14.9 Å². The first-order valence-corrected chi connectivity index (χ1v) is 8.84. The van der Waals surface area contributed by atoms with E-state index in [0.29, 0.717) is 26.2 Å². The Bertz CT molecular complexity index is 636. The molecule has 0 aromatic carbocycles. The predicted molar refractivity (Wildman–Crippen MR) is 94.2 cm³/mol. The van der Waals surface area contributed by atoms with Gasteiger partial charge in [-0.3, -0.25) is 4.79 Å². The van der Waals surface area contributed by atoms with Crippen molar-refractivity contribution in [3.63, 3.8) is 0 Å². The van der Waals surface area contributed by atoms with Gasteiger partial charge in [0, 0.05) is 50.7 Å². The highest BCUT2D eigenvalue weighted by Crippen LogP contribution is 2.20. The lowest BCUT2D eigenvalue weighted by atomic mass is 9.96. The summed E-state index contributed by atoms with van der Waals surface area (Å²) in [7, 11) is 0. The second kappa shape index (κ2) is 7.25. The van der Waals surface area contributed by atoms with Crippen LogP contribution in [0, 0.1) is 19.8 Å². The molecule has 0 unspecified atom stereocenters. The van der Waals surface area contributed by atoms with Crippen LogP contribution < -0.4 is 10.6 Å². The zero-order valence-corrected chi connectivity index (χ0v) is 14.9. The zero-order valence-electron chi connectivity index (χ0n) is 14.9. The fourth-order valence-electron chi connectivity index (χ4n) is 3.61. The molecular formula is C17H26N6O2. The predicted octanol–water partition coefficient (Wildman–Crippen LogP) is 0.533. The number of aromatic nitrogens is 2. The highest BCUT2D eigenvalue weighted by atomic mass is 16.2. The summed E-state index contributed by atoms with van der Waals surface area (Å²) >= 11 is 0. The van der Waals surface area contributed by atoms with Gasteiger partial charge in [-0.1, -0.05) is 0 Å². The molecule has 3 amide bonds. The molecule has 2 fully saturated rings. The number of nitrogens with two attached hydrogens (primary N) is 1. The van der Waals surface area contributed by atoms with Crippen LogP contribution in [-0.4, -0.2) is 71.0 Å². The molecule has 0 radical (unpaired) electrons. The minimum Gasteiger partial charge on any atom is -0.351 e. The highest BCUT2D eigenvalue weighted by molar-refractivity contribution is 5.81. The maximum absolute atomic E-state index is 12.8. The summed E-state index contributed by atoms with van der Waals surface area (Å²) in [6.45, 7) is 7.77. The van der Waals surface area contributed by atoms with Gasteiger partial charge < -0.3 is 20.4 Å². The molecule has 2 N–H and O–H groups in total. The van der Waals surface area contributed by atoms with Crippen molar-refractivity contribution >= 4 is 17.9 Å². The van der Waals surface area contributed by atoms with Crippen molar-refractivity contribution in [2.24, 2.45) is 11.7 Å². The average Bonchev–Trinajstić information content (AvgIpc) is 2.60. The number of aryl methyl sites for hydroxylation is 2. The van der Waals surface area contributed by atoms with Gasteiger partial charge in [-0.05, 0) is 32.8 Å². The van der Waals surface area contributed by atoms with Crippen LogP contribution in [0.25, 0.3) is 0 Å². The van der Waals surface area contributed by atoms with Crippen molar-refractivity contribution in [1.82, 2.24) is 19.8 Å². The number of rotatable bonds is 2. The Kier molecular flexibility index (Phi) is 5.06. The van der Waals surface area contributed by atoms with E-state index in [-0.39, 0.29) is 11.8 Å². The number of nitrogens with zero attached hydrogens (tertiary/aromatic N) is 5. The Labute approximate surface area is 148 Å². The molecule has 2 aliphatic rings. The Morgan fingerprint density at radius 3 is 2.28 bits per heavy atom. The van der Waals surface area contributed by atoms with Crippen LogP contribution in [0.1, 0.15) is 24.2 Å². The topological polar surface area (TPSA) is 95.7 Å². The molecule has 0 bridgehead atoms. The molecule has 25 heavy (non-hydrogen) atoms. The number of hydrogen-bond donors (Lipinski definition) is 1. The van der Waals surface area contributed by atoms with Gasteiger partial charge in [0.05, 0.1) is 5.92 Å². The Hall–Kier alpha value is -2.38. The maximum atomic E-state index is 12.8. The number of urea groups is 1. The molecule has 136 valence electrons. The molecule has 1 aromatic heterocycles. The highest BCUT2D eigenvalue weighted by Gasteiger charge is 2.32. The van der Waals surface area contributed by atoms with Crippen LogP contribution in [-0.2, 0) is 4.79 Å². The lowest BCUT2D eigenvalue weighted by Gasteiger charge is -2.38. The Morgan fingerprint density at radius 1 is 1.04 bits per heavy atom. The van der Waals surface area contributed by atoms with Crippen LogP contribution in [0.15, 0.2) is 6.07 Å². The molecule has 1 atom stereocenters. The zero-order chi connectivity index (χ0) is 18.0. The van der Waals surface area contributed by atoms with Crippen LogP contribution in [0.5, 0.6) is 0 Å². The number of carbonyl (C=O) groups is 2. The summed E-state index contributed by atoms with van der Waals surface area (Å²) in [5.41, 5.74) is 7.26. The van der Waals surface area contributed by atoms with E-state index in [1.165, 1.54) is 0 Å². The number of piperidine rings is 1. The number of amides is 3. The summed E-state index contributed by atoms with van der Waals surface area (Å²) in [4.78, 5) is 38.7. The third-order valence-corrected chi connectivity index (χ3v) is 4.93. The monoisotopic (exact) mass is 346 g/mol. The van der Waals surface area contributed by atoms with E-state index in [1.807, 2.05) is 24.8 Å². The third kappa shape index (κ3) is 4.00. The van der Waals surface area contributed by atoms with Crippen LogP contribution in [0.4, 0.5) is 10.7 Å². The summed E-state index contributed by atoms with van der Waals surface area (Å²) in [5, 5.41) is 0. The fraction of sp³-hybridized carbons (Fsp3) is 0.647. The van der Waals surface area contributed by atoms with Crippen LogP contribution in [0.3, 0.4) is 0 Å². The smallest absolute Gasteiger partial charge is 0.314 e. The Morgan fingerprint density at radius 2 is 1.68 bits per heavy atom. The van der Waals surface area contributed by atoms with Gasteiger partial charge in [0.2, 0.25) is 11.9 Å². The van der Waals surface area contributed by atoms with E-state index in [9.17, 15) is 9.59 Å². The summed E-state index contributed by atoms with van der Waals surface area (Å²) in [6.07, 6.45) is 1.65. The lowest BCUT2D eigenvalue weighted by Crippen LogP contribution is -2.53. The second-order valence-electron chi connectivity index (χ2n) is 6.89. The number of piperazine rings is 1. The molecule has 1 aromatic rings. The quantitative estimate of drug-likeness (QED) is 0.843. The van der Waals surface area contributed by atoms with Crippen molar-refractivity contribution in [2.75, 3.05) is 44.2 Å². The number of anilines is 1.